The monoisotopic (exact) mass is 292 g/mol. The first-order valence-electron chi connectivity index (χ1n) is 9.37. The molecule has 4 aliphatic carbocycles. The average molecular weight is 292 g/mol. The lowest BCUT2D eigenvalue weighted by atomic mass is 9.50. The molecule has 0 amide bonds. The van der Waals surface area contributed by atoms with E-state index in [2.05, 4.69) is 43.0 Å². The van der Waals surface area contributed by atoms with Crippen molar-refractivity contribution in [2.45, 2.75) is 64.7 Å². The van der Waals surface area contributed by atoms with Crippen LogP contribution in [0.4, 0.5) is 0 Å². The molecule has 5 rings (SSSR count). The maximum absolute atomic E-state index is 3.76. The molecule has 0 N–H and O–H groups in total. The molecule has 1 aromatic carbocycles. The molecule has 0 atom stereocenters. The molecule has 0 unspecified atom stereocenters. The molecular weight excluding hydrogens is 264 g/mol. The van der Waals surface area contributed by atoms with E-state index in [1.807, 2.05) is 0 Å². The first-order chi connectivity index (χ1) is 10.7. The van der Waals surface area contributed by atoms with Gasteiger partial charge >= 0.3 is 0 Å². The van der Waals surface area contributed by atoms with Gasteiger partial charge in [0, 0.05) is 11.0 Å². The van der Waals surface area contributed by atoms with Gasteiger partial charge in [0.05, 0.1) is 0 Å². The van der Waals surface area contributed by atoms with Crippen LogP contribution in [0.15, 0.2) is 24.3 Å². The van der Waals surface area contributed by atoms with Gasteiger partial charge in [-0.3, -0.25) is 0 Å². The Balaban J connectivity index is 1.48. The second kappa shape index (κ2) is 5.77. The summed E-state index contributed by atoms with van der Waals surface area (Å²) in [5.74, 6) is 10.3. The largest absolute Gasteiger partial charge is 0.0911 e. The van der Waals surface area contributed by atoms with Gasteiger partial charge < -0.3 is 0 Å². The van der Waals surface area contributed by atoms with Crippen LogP contribution in [0.1, 0.15) is 69.4 Å². The number of benzene rings is 1. The van der Waals surface area contributed by atoms with Gasteiger partial charge in [-0.15, -0.1) is 0 Å². The summed E-state index contributed by atoms with van der Waals surface area (Å²) in [6.45, 7) is 2.26. The van der Waals surface area contributed by atoms with Gasteiger partial charge in [0.1, 0.15) is 0 Å². The maximum Gasteiger partial charge on any atom is 0.0326 e. The molecule has 0 nitrogen and oxygen atoms in total. The molecule has 0 aromatic heterocycles. The predicted octanol–water partition coefficient (Wildman–Crippen LogP) is 5.60. The maximum atomic E-state index is 3.76. The lowest BCUT2D eigenvalue weighted by Gasteiger charge is -2.54. The van der Waals surface area contributed by atoms with Gasteiger partial charge in [0.25, 0.3) is 0 Å². The molecule has 4 saturated carbocycles. The third-order valence-corrected chi connectivity index (χ3v) is 6.28. The third kappa shape index (κ3) is 2.83. The molecule has 116 valence electrons. The molecular formula is C22H28. The van der Waals surface area contributed by atoms with Gasteiger partial charge in [0.2, 0.25) is 0 Å². The summed E-state index contributed by atoms with van der Waals surface area (Å²) in [5.41, 5.74) is 3.06. The molecule has 1 aromatic rings. The standard InChI is InChI=1S/C22H28/c1-2-3-4-17-5-7-18(8-6-17)9-10-22-14-19-11-20(15-22)13-21(12-19)16-22/h5-8,19-21H,2-4,11-16H2,1H3. The molecule has 0 radical (unpaired) electrons. The van der Waals surface area contributed by atoms with Gasteiger partial charge in [-0.1, -0.05) is 37.3 Å². The van der Waals surface area contributed by atoms with Gasteiger partial charge in [-0.2, -0.15) is 0 Å². The second-order valence-corrected chi connectivity index (χ2v) is 8.25. The number of hydrogen-bond donors (Lipinski definition) is 0. The van der Waals surface area contributed by atoms with Crippen LogP contribution in [0.25, 0.3) is 0 Å². The van der Waals surface area contributed by atoms with E-state index in [0.29, 0.717) is 5.41 Å². The van der Waals surface area contributed by atoms with Crippen LogP contribution in [0, 0.1) is 35.0 Å². The molecule has 0 heteroatoms. The van der Waals surface area contributed by atoms with Crippen LogP contribution in [0.3, 0.4) is 0 Å². The van der Waals surface area contributed by atoms with Crippen molar-refractivity contribution < 1.29 is 0 Å². The van der Waals surface area contributed by atoms with E-state index < -0.39 is 0 Å². The van der Waals surface area contributed by atoms with Crippen molar-refractivity contribution in [1.29, 1.82) is 0 Å². The summed E-state index contributed by atoms with van der Waals surface area (Å²) in [6, 6.07) is 9.02. The lowest BCUT2D eigenvalue weighted by Crippen LogP contribution is -2.45. The summed E-state index contributed by atoms with van der Waals surface area (Å²) < 4.78 is 0. The van der Waals surface area contributed by atoms with Crippen molar-refractivity contribution in [2.24, 2.45) is 23.2 Å². The molecule has 0 heterocycles. The van der Waals surface area contributed by atoms with E-state index in [1.165, 1.54) is 68.9 Å². The zero-order valence-corrected chi connectivity index (χ0v) is 13.9. The van der Waals surface area contributed by atoms with E-state index in [4.69, 9.17) is 0 Å². The topological polar surface area (TPSA) is 0 Å². The number of hydrogen-bond acceptors (Lipinski definition) is 0. The zero-order chi connectivity index (χ0) is 15.0. The van der Waals surface area contributed by atoms with Crippen molar-refractivity contribution in [3.63, 3.8) is 0 Å². The Morgan fingerprint density at radius 2 is 1.55 bits per heavy atom. The van der Waals surface area contributed by atoms with Crippen LogP contribution in [-0.4, -0.2) is 0 Å². The Morgan fingerprint density at radius 3 is 2.09 bits per heavy atom. The number of rotatable bonds is 3. The molecule has 4 aliphatic rings. The Labute approximate surface area is 135 Å². The summed E-state index contributed by atoms with van der Waals surface area (Å²) in [5, 5.41) is 0. The summed E-state index contributed by atoms with van der Waals surface area (Å²) in [7, 11) is 0. The van der Waals surface area contributed by atoms with Crippen LogP contribution < -0.4 is 0 Å². The average Bonchev–Trinajstić information content (AvgIpc) is 2.51. The third-order valence-electron chi connectivity index (χ3n) is 6.28. The summed E-state index contributed by atoms with van der Waals surface area (Å²) in [4.78, 5) is 0. The van der Waals surface area contributed by atoms with Crippen molar-refractivity contribution >= 4 is 0 Å². The molecule has 4 fully saturated rings. The minimum absolute atomic E-state index is 0.385. The molecule has 0 spiro atoms. The van der Waals surface area contributed by atoms with Crippen molar-refractivity contribution in [3.8, 4) is 11.8 Å². The Bertz CT molecular complexity index is 545. The second-order valence-electron chi connectivity index (χ2n) is 8.25. The summed E-state index contributed by atoms with van der Waals surface area (Å²) in [6.07, 6.45) is 12.5. The van der Waals surface area contributed by atoms with Crippen molar-refractivity contribution in [3.05, 3.63) is 35.4 Å². The molecule has 0 aliphatic heterocycles. The molecule has 4 bridgehead atoms. The Hall–Kier alpha value is -1.22. The highest BCUT2D eigenvalue weighted by Crippen LogP contribution is 2.59. The molecule has 22 heavy (non-hydrogen) atoms. The predicted molar refractivity (Wildman–Crippen MR) is 92.5 cm³/mol. The quantitative estimate of drug-likeness (QED) is 0.636. The van der Waals surface area contributed by atoms with Crippen LogP contribution in [0.5, 0.6) is 0 Å². The SMILES string of the molecule is CCCCc1ccc(C#CC23CC4CC(CC(C4)C2)C3)cc1. The highest BCUT2D eigenvalue weighted by atomic mass is 14.5. The number of aryl methyl sites for hydroxylation is 1. The first kappa shape index (κ1) is 14.4. The van der Waals surface area contributed by atoms with Crippen molar-refractivity contribution in [2.75, 3.05) is 0 Å². The van der Waals surface area contributed by atoms with Gasteiger partial charge in [0.15, 0.2) is 0 Å². The van der Waals surface area contributed by atoms with Gasteiger partial charge in [-0.05, 0) is 86.8 Å². The van der Waals surface area contributed by atoms with E-state index in [9.17, 15) is 0 Å². The smallest absolute Gasteiger partial charge is 0.0326 e. The highest BCUT2D eigenvalue weighted by molar-refractivity contribution is 5.38. The minimum Gasteiger partial charge on any atom is -0.0911 e. The van der Waals surface area contributed by atoms with Crippen LogP contribution in [-0.2, 0) is 6.42 Å². The zero-order valence-electron chi connectivity index (χ0n) is 13.9. The summed E-state index contributed by atoms with van der Waals surface area (Å²) >= 11 is 0. The fraction of sp³-hybridized carbons (Fsp3) is 0.636. The highest BCUT2D eigenvalue weighted by Gasteiger charge is 2.50. The fourth-order valence-corrected chi connectivity index (χ4v) is 5.60. The first-order valence-corrected chi connectivity index (χ1v) is 9.37. The minimum atomic E-state index is 0.385. The van der Waals surface area contributed by atoms with Crippen LogP contribution >= 0.6 is 0 Å². The van der Waals surface area contributed by atoms with Crippen molar-refractivity contribution in [1.82, 2.24) is 0 Å². The van der Waals surface area contributed by atoms with E-state index in [-0.39, 0.29) is 0 Å². The van der Waals surface area contributed by atoms with E-state index in [0.717, 1.165) is 17.8 Å². The van der Waals surface area contributed by atoms with Crippen LogP contribution in [0.2, 0.25) is 0 Å². The Kier molecular flexibility index (Phi) is 3.77. The number of unbranched alkanes of at least 4 members (excludes halogenated alkanes) is 1. The fourth-order valence-electron chi connectivity index (χ4n) is 5.60. The lowest BCUT2D eigenvalue weighted by molar-refractivity contribution is -0.0181. The van der Waals surface area contributed by atoms with E-state index in [1.54, 1.807) is 0 Å². The Morgan fingerprint density at radius 1 is 0.955 bits per heavy atom. The van der Waals surface area contributed by atoms with Gasteiger partial charge in [-0.25, -0.2) is 0 Å². The normalized spacial score (nSPS) is 35.2. The molecule has 0 saturated heterocycles. The van der Waals surface area contributed by atoms with E-state index >= 15 is 0 Å².